The number of aryl methyl sites for hydroxylation is 3. The van der Waals surface area contributed by atoms with Crippen molar-refractivity contribution in [3.05, 3.63) is 53.1 Å². The molecule has 2 aromatic carbocycles. The van der Waals surface area contributed by atoms with Gasteiger partial charge in [0.15, 0.2) is 0 Å². The number of phenols is 1. The van der Waals surface area contributed by atoms with Crippen LogP contribution in [-0.2, 0) is 19.3 Å². The Kier molecular flexibility index (Phi) is 2.83. The Hall–Kier alpha value is -1.76. The number of hydrogen-bond acceptors (Lipinski definition) is 1. The standard InChI is InChI=1S/C17H18O/c1-2-3-12-4-8-16-13(10-12)5-6-14-11-15(18)7-9-17(14)16/h4,7-11,18H,2-3,5-6H2,1H3. The highest BCUT2D eigenvalue weighted by molar-refractivity contribution is 5.74. The summed E-state index contributed by atoms with van der Waals surface area (Å²) in [5.41, 5.74) is 6.80. The minimum absolute atomic E-state index is 0.375. The summed E-state index contributed by atoms with van der Waals surface area (Å²) in [6.07, 6.45) is 4.48. The van der Waals surface area contributed by atoms with E-state index in [2.05, 4.69) is 25.1 Å². The number of benzene rings is 2. The zero-order valence-electron chi connectivity index (χ0n) is 10.7. The molecule has 1 heteroatoms. The largest absolute Gasteiger partial charge is 0.508 e. The average Bonchev–Trinajstić information content (AvgIpc) is 2.38. The first-order chi connectivity index (χ1) is 8.78. The van der Waals surface area contributed by atoms with Crippen LogP contribution in [0.5, 0.6) is 5.75 Å². The van der Waals surface area contributed by atoms with Gasteiger partial charge in [-0.25, -0.2) is 0 Å². The zero-order valence-corrected chi connectivity index (χ0v) is 10.7. The fourth-order valence-electron chi connectivity index (χ4n) is 2.88. The van der Waals surface area contributed by atoms with Gasteiger partial charge in [0, 0.05) is 0 Å². The van der Waals surface area contributed by atoms with Crippen LogP contribution in [0.25, 0.3) is 11.1 Å². The van der Waals surface area contributed by atoms with Gasteiger partial charge in [0.05, 0.1) is 0 Å². The second-order valence-corrected chi connectivity index (χ2v) is 5.08. The van der Waals surface area contributed by atoms with Crippen LogP contribution >= 0.6 is 0 Å². The maximum absolute atomic E-state index is 9.55. The van der Waals surface area contributed by atoms with E-state index in [9.17, 15) is 5.11 Å². The van der Waals surface area contributed by atoms with Gasteiger partial charge in [0.25, 0.3) is 0 Å². The third-order valence-corrected chi connectivity index (χ3v) is 3.75. The van der Waals surface area contributed by atoms with Crippen molar-refractivity contribution in [3.63, 3.8) is 0 Å². The fraction of sp³-hybridized carbons (Fsp3) is 0.294. The molecule has 0 fully saturated rings. The number of hydrogen-bond donors (Lipinski definition) is 1. The highest BCUT2D eigenvalue weighted by Crippen LogP contribution is 2.35. The lowest BCUT2D eigenvalue weighted by Crippen LogP contribution is -2.04. The molecule has 0 radical (unpaired) electrons. The van der Waals surface area contributed by atoms with E-state index < -0.39 is 0 Å². The Balaban J connectivity index is 2.08. The SMILES string of the molecule is CCCc1ccc2c(c1)CCc1cc(O)ccc1-2. The monoisotopic (exact) mass is 238 g/mol. The van der Waals surface area contributed by atoms with Crippen LogP contribution in [0, 0.1) is 0 Å². The van der Waals surface area contributed by atoms with Gasteiger partial charge in [0.2, 0.25) is 0 Å². The Morgan fingerprint density at radius 2 is 1.61 bits per heavy atom. The topological polar surface area (TPSA) is 20.2 Å². The van der Waals surface area contributed by atoms with E-state index in [0.717, 1.165) is 19.3 Å². The molecular formula is C17H18O. The van der Waals surface area contributed by atoms with Gasteiger partial charge in [-0.15, -0.1) is 0 Å². The molecule has 0 bridgehead atoms. The lowest BCUT2D eigenvalue weighted by molar-refractivity contribution is 0.474. The van der Waals surface area contributed by atoms with Crippen molar-refractivity contribution in [1.82, 2.24) is 0 Å². The molecule has 2 aromatic rings. The minimum atomic E-state index is 0.375. The summed E-state index contributed by atoms with van der Waals surface area (Å²) < 4.78 is 0. The van der Waals surface area contributed by atoms with Crippen LogP contribution in [0.15, 0.2) is 36.4 Å². The van der Waals surface area contributed by atoms with Crippen LogP contribution < -0.4 is 0 Å². The van der Waals surface area contributed by atoms with Crippen molar-refractivity contribution in [3.8, 4) is 16.9 Å². The van der Waals surface area contributed by atoms with Crippen molar-refractivity contribution >= 4 is 0 Å². The predicted octanol–water partition coefficient (Wildman–Crippen LogP) is 4.11. The van der Waals surface area contributed by atoms with E-state index in [0.29, 0.717) is 5.75 Å². The molecule has 0 unspecified atom stereocenters. The van der Waals surface area contributed by atoms with Gasteiger partial charge in [-0.3, -0.25) is 0 Å². The number of aromatic hydroxyl groups is 1. The summed E-state index contributed by atoms with van der Waals surface area (Å²) in [6.45, 7) is 2.22. The molecule has 0 saturated heterocycles. The quantitative estimate of drug-likeness (QED) is 0.834. The van der Waals surface area contributed by atoms with E-state index in [1.165, 1.54) is 34.2 Å². The second kappa shape index (κ2) is 4.49. The van der Waals surface area contributed by atoms with E-state index in [1.54, 1.807) is 6.07 Å². The van der Waals surface area contributed by atoms with E-state index in [-0.39, 0.29) is 0 Å². The predicted molar refractivity (Wildman–Crippen MR) is 74.9 cm³/mol. The number of rotatable bonds is 2. The summed E-state index contributed by atoms with van der Waals surface area (Å²) in [4.78, 5) is 0. The highest BCUT2D eigenvalue weighted by atomic mass is 16.3. The molecule has 0 saturated carbocycles. The Morgan fingerprint density at radius 1 is 0.944 bits per heavy atom. The Bertz CT molecular complexity index is 584. The molecule has 1 nitrogen and oxygen atoms in total. The van der Waals surface area contributed by atoms with Gasteiger partial charge in [0.1, 0.15) is 5.75 Å². The van der Waals surface area contributed by atoms with Gasteiger partial charge in [-0.1, -0.05) is 37.6 Å². The van der Waals surface area contributed by atoms with Gasteiger partial charge in [-0.2, -0.15) is 0 Å². The Labute approximate surface area is 108 Å². The van der Waals surface area contributed by atoms with Crippen LogP contribution in [0.3, 0.4) is 0 Å². The summed E-state index contributed by atoms with van der Waals surface area (Å²) in [5, 5.41) is 9.55. The third kappa shape index (κ3) is 1.90. The molecule has 92 valence electrons. The lowest BCUT2D eigenvalue weighted by Gasteiger charge is -2.20. The zero-order chi connectivity index (χ0) is 12.5. The van der Waals surface area contributed by atoms with Crippen molar-refractivity contribution in [2.45, 2.75) is 32.6 Å². The summed E-state index contributed by atoms with van der Waals surface area (Å²) in [7, 11) is 0. The highest BCUT2D eigenvalue weighted by Gasteiger charge is 2.16. The van der Waals surface area contributed by atoms with E-state index in [4.69, 9.17) is 0 Å². The van der Waals surface area contributed by atoms with E-state index >= 15 is 0 Å². The lowest BCUT2D eigenvalue weighted by atomic mass is 9.84. The molecule has 18 heavy (non-hydrogen) atoms. The second-order valence-electron chi connectivity index (χ2n) is 5.08. The first kappa shape index (κ1) is 11.3. The van der Waals surface area contributed by atoms with Crippen LogP contribution in [0.1, 0.15) is 30.0 Å². The molecule has 0 spiro atoms. The number of fused-ring (bicyclic) bond motifs is 3. The molecular weight excluding hydrogens is 220 g/mol. The molecule has 0 heterocycles. The van der Waals surface area contributed by atoms with Crippen LogP contribution in [-0.4, -0.2) is 5.11 Å². The fourth-order valence-corrected chi connectivity index (χ4v) is 2.88. The van der Waals surface area contributed by atoms with Gasteiger partial charge < -0.3 is 5.11 Å². The average molecular weight is 238 g/mol. The van der Waals surface area contributed by atoms with Gasteiger partial charge in [-0.05, 0) is 59.2 Å². The Morgan fingerprint density at radius 3 is 2.33 bits per heavy atom. The molecule has 0 atom stereocenters. The molecule has 1 aliphatic rings. The van der Waals surface area contributed by atoms with Crippen molar-refractivity contribution in [2.24, 2.45) is 0 Å². The molecule has 0 aliphatic heterocycles. The first-order valence-corrected chi connectivity index (χ1v) is 6.72. The molecule has 1 N–H and O–H groups in total. The summed E-state index contributed by atoms with van der Waals surface area (Å²) >= 11 is 0. The molecule has 1 aliphatic carbocycles. The molecule has 0 aromatic heterocycles. The maximum Gasteiger partial charge on any atom is 0.115 e. The van der Waals surface area contributed by atoms with Crippen molar-refractivity contribution in [2.75, 3.05) is 0 Å². The van der Waals surface area contributed by atoms with E-state index in [1.807, 2.05) is 12.1 Å². The summed E-state index contributed by atoms with van der Waals surface area (Å²) in [6, 6.07) is 12.6. The molecule has 0 amide bonds. The smallest absolute Gasteiger partial charge is 0.115 e. The minimum Gasteiger partial charge on any atom is -0.508 e. The third-order valence-electron chi connectivity index (χ3n) is 3.75. The normalized spacial score (nSPS) is 12.9. The molecule has 3 rings (SSSR count). The van der Waals surface area contributed by atoms with Crippen LogP contribution in [0.4, 0.5) is 0 Å². The number of phenolic OH excluding ortho intramolecular Hbond substituents is 1. The van der Waals surface area contributed by atoms with Crippen LogP contribution in [0.2, 0.25) is 0 Å². The van der Waals surface area contributed by atoms with Crippen molar-refractivity contribution in [1.29, 1.82) is 0 Å². The van der Waals surface area contributed by atoms with Crippen molar-refractivity contribution < 1.29 is 5.11 Å². The van der Waals surface area contributed by atoms with Gasteiger partial charge >= 0.3 is 0 Å². The summed E-state index contributed by atoms with van der Waals surface area (Å²) in [5.74, 6) is 0.375. The maximum atomic E-state index is 9.55. The first-order valence-electron chi connectivity index (χ1n) is 6.72.